The fraction of sp³-hybridized carbons (Fsp3) is 0.697. The number of rotatable bonds is 4. The molecule has 3 amide bonds. The summed E-state index contributed by atoms with van der Waals surface area (Å²) in [5, 5.41) is 2.38. The predicted molar refractivity (Wildman–Crippen MR) is 169 cm³/mol. The van der Waals surface area contributed by atoms with Gasteiger partial charge in [0.05, 0.1) is 11.0 Å². The molecular weight excluding hydrogens is 560 g/mol. The van der Waals surface area contributed by atoms with Crippen LogP contribution in [0.15, 0.2) is 23.0 Å². The Bertz CT molecular complexity index is 1450. The minimum atomic E-state index is -0.665. The first-order valence-corrected chi connectivity index (χ1v) is 16.5. The maximum atomic E-state index is 13.2. The number of piperidine rings is 4. The molecule has 0 spiro atoms. The molecule has 1 aromatic carbocycles. The molecule has 1 N–H and O–H groups in total. The Labute approximate surface area is 259 Å². The maximum absolute atomic E-state index is 13.2. The van der Waals surface area contributed by atoms with Crippen LogP contribution in [-0.2, 0) is 21.4 Å². The first-order valence-electron chi connectivity index (χ1n) is 16.5. The van der Waals surface area contributed by atoms with E-state index < -0.39 is 17.6 Å². The Morgan fingerprint density at radius 2 is 1.48 bits per heavy atom. The van der Waals surface area contributed by atoms with Crippen LogP contribution < -0.4 is 15.9 Å². The summed E-state index contributed by atoms with van der Waals surface area (Å²) >= 11 is 0. The molecular formula is C33H48N6O5. The third-order valence-corrected chi connectivity index (χ3v) is 10.4. The first-order chi connectivity index (χ1) is 21.0. The summed E-state index contributed by atoms with van der Waals surface area (Å²) in [4.78, 5) is 56.7. The van der Waals surface area contributed by atoms with E-state index in [-0.39, 0.29) is 24.1 Å². The normalized spacial score (nSPS) is 23.8. The van der Waals surface area contributed by atoms with Crippen LogP contribution in [0.25, 0.3) is 11.0 Å². The van der Waals surface area contributed by atoms with Gasteiger partial charge in [-0.3, -0.25) is 24.0 Å². The highest BCUT2D eigenvalue weighted by atomic mass is 16.6. The fourth-order valence-electron chi connectivity index (χ4n) is 7.90. The number of carbonyl (C=O) groups excluding carboxylic acids is 3. The molecule has 2 aromatic rings. The average molecular weight is 609 g/mol. The number of anilines is 1. The molecule has 4 saturated heterocycles. The quantitative estimate of drug-likeness (QED) is 0.528. The highest BCUT2D eigenvalue weighted by molar-refractivity contribution is 6.00. The van der Waals surface area contributed by atoms with Crippen LogP contribution in [0.3, 0.4) is 0 Å². The number of likely N-dealkylation sites (tertiary alicyclic amines) is 2. The molecule has 0 bridgehead atoms. The molecule has 5 heterocycles. The Kier molecular flexibility index (Phi) is 8.52. The molecule has 11 heteroatoms. The summed E-state index contributed by atoms with van der Waals surface area (Å²) in [5.74, 6) is 0.815. The molecule has 4 aliphatic heterocycles. The number of carbonyl (C=O) groups is 3. The Morgan fingerprint density at radius 1 is 0.841 bits per heavy atom. The summed E-state index contributed by atoms with van der Waals surface area (Å²) in [7, 11) is 1.75. The Hall–Kier alpha value is -3.34. The van der Waals surface area contributed by atoms with Gasteiger partial charge in [0.15, 0.2) is 0 Å². The lowest BCUT2D eigenvalue weighted by Gasteiger charge is -2.44. The molecule has 1 unspecified atom stereocenters. The second-order valence-corrected chi connectivity index (χ2v) is 14.2. The fourth-order valence-corrected chi connectivity index (χ4v) is 7.90. The molecule has 44 heavy (non-hydrogen) atoms. The van der Waals surface area contributed by atoms with Crippen molar-refractivity contribution in [1.29, 1.82) is 0 Å². The van der Waals surface area contributed by atoms with Crippen LogP contribution in [0.5, 0.6) is 0 Å². The van der Waals surface area contributed by atoms with E-state index in [0.29, 0.717) is 12.5 Å². The van der Waals surface area contributed by atoms with Crippen LogP contribution in [-0.4, -0.2) is 87.8 Å². The molecule has 0 radical (unpaired) electrons. The zero-order valence-corrected chi connectivity index (χ0v) is 26.7. The summed E-state index contributed by atoms with van der Waals surface area (Å²) in [5.41, 5.74) is 1.97. The van der Waals surface area contributed by atoms with Gasteiger partial charge in [0.1, 0.15) is 11.6 Å². The molecule has 240 valence electrons. The highest BCUT2D eigenvalue weighted by Gasteiger charge is 2.35. The Balaban J connectivity index is 1.00. The number of ether oxygens (including phenoxy) is 1. The standard InChI is InChI=1S/C33H48N6O5/c1-33(2,3)44-32(43)38-19-13-24(14-20-38)36-15-9-22(10-16-36)23-11-17-37(18-12-23)25-5-6-26-28(21-25)35(4)31(42)39(26)27-7-8-29(40)34-30(27)41/h5-6,21-24,27H,7-20H2,1-4H3,(H,34,40,41). The van der Waals surface area contributed by atoms with Gasteiger partial charge in [-0.05, 0) is 109 Å². The van der Waals surface area contributed by atoms with Crippen molar-refractivity contribution >= 4 is 34.6 Å². The van der Waals surface area contributed by atoms with Crippen molar-refractivity contribution in [1.82, 2.24) is 24.3 Å². The van der Waals surface area contributed by atoms with Gasteiger partial charge >= 0.3 is 11.8 Å². The number of nitrogens with zero attached hydrogens (tertiary/aromatic N) is 5. The number of amides is 3. The second kappa shape index (κ2) is 12.2. The SMILES string of the molecule is Cn1c(=O)n(C2CCC(=O)NC2=O)c2ccc(N3CCC(C4CCN(C5CCN(C(=O)OC(C)(C)C)CC5)CC4)CC3)cc21. The number of nitrogens with one attached hydrogen (secondary N) is 1. The molecule has 0 aliphatic carbocycles. The Morgan fingerprint density at radius 3 is 2.09 bits per heavy atom. The lowest BCUT2D eigenvalue weighted by molar-refractivity contribution is -0.135. The summed E-state index contributed by atoms with van der Waals surface area (Å²) in [6.07, 6.45) is 7.28. The number of benzene rings is 1. The minimum Gasteiger partial charge on any atom is -0.444 e. The van der Waals surface area contributed by atoms with E-state index in [1.54, 1.807) is 16.2 Å². The second-order valence-electron chi connectivity index (χ2n) is 14.2. The summed E-state index contributed by atoms with van der Waals surface area (Å²) < 4.78 is 8.73. The molecule has 1 aromatic heterocycles. The smallest absolute Gasteiger partial charge is 0.410 e. The van der Waals surface area contributed by atoms with Crippen molar-refractivity contribution < 1.29 is 19.1 Å². The zero-order valence-electron chi connectivity index (χ0n) is 26.7. The monoisotopic (exact) mass is 608 g/mol. The molecule has 1 atom stereocenters. The van der Waals surface area contributed by atoms with Gasteiger partial charge in [-0.25, -0.2) is 9.59 Å². The number of hydrogen-bond acceptors (Lipinski definition) is 7. The van der Waals surface area contributed by atoms with E-state index >= 15 is 0 Å². The lowest BCUT2D eigenvalue weighted by atomic mass is 9.78. The number of hydrogen-bond donors (Lipinski definition) is 1. The van der Waals surface area contributed by atoms with Crippen molar-refractivity contribution in [2.24, 2.45) is 18.9 Å². The minimum absolute atomic E-state index is 0.185. The van der Waals surface area contributed by atoms with Gasteiger partial charge in [-0.1, -0.05) is 0 Å². The largest absolute Gasteiger partial charge is 0.444 e. The van der Waals surface area contributed by atoms with Gasteiger partial charge in [0.25, 0.3) is 0 Å². The third kappa shape index (κ3) is 6.25. The van der Waals surface area contributed by atoms with E-state index in [2.05, 4.69) is 27.2 Å². The zero-order chi connectivity index (χ0) is 31.2. The lowest BCUT2D eigenvalue weighted by Crippen LogP contribution is -2.50. The van der Waals surface area contributed by atoms with E-state index in [9.17, 15) is 19.2 Å². The van der Waals surface area contributed by atoms with E-state index in [0.717, 1.165) is 80.7 Å². The number of imidazole rings is 1. The number of aromatic nitrogens is 2. The number of imide groups is 1. The van der Waals surface area contributed by atoms with Crippen LogP contribution in [0.1, 0.15) is 78.2 Å². The average Bonchev–Trinajstić information content (AvgIpc) is 3.25. The summed E-state index contributed by atoms with van der Waals surface area (Å²) in [6, 6.07) is 5.99. The van der Waals surface area contributed by atoms with Crippen LogP contribution >= 0.6 is 0 Å². The molecule has 4 fully saturated rings. The molecule has 4 aliphatic rings. The van der Waals surface area contributed by atoms with Crippen molar-refractivity contribution in [3.8, 4) is 0 Å². The highest BCUT2D eigenvalue weighted by Crippen LogP contribution is 2.36. The van der Waals surface area contributed by atoms with Crippen molar-refractivity contribution in [2.75, 3.05) is 44.2 Å². The summed E-state index contributed by atoms with van der Waals surface area (Å²) in [6.45, 7) is 11.6. The number of aryl methyl sites for hydroxylation is 1. The van der Waals surface area contributed by atoms with E-state index in [1.165, 1.54) is 25.7 Å². The molecule has 6 rings (SSSR count). The molecule has 11 nitrogen and oxygen atoms in total. The van der Waals surface area contributed by atoms with E-state index in [1.807, 2.05) is 31.7 Å². The van der Waals surface area contributed by atoms with Crippen LogP contribution in [0.2, 0.25) is 0 Å². The van der Waals surface area contributed by atoms with Gasteiger partial charge in [0, 0.05) is 51.4 Å². The predicted octanol–water partition coefficient (Wildman–Crippen LogP) is 3.65. The van der Waals surface area contributed by atoms with Gasteiger partial charge in [0.2, 0.25) is 11.8 Å². The topological polar surface area (TPSA) is 109 Å². The number of fused-ring (bicyclic) bond motifs is 1. The van der Waals surface area contributed by atoms with Crippen molar-refractivity contribution in [3.05, 3.63) is 28.7 Å². The molecule has 0 saturated carbocycles. The van der Waals surface area contributed by atoms with Crippen molar-refractivity contribution in [3.63, 3.8) is 0 Å². The van der Waals surface area contributed by atoms with Gasteiger partial charge in [-0.2, -0.15) is 0 Å². The van der Waals surface area contributed by atoms with Crippen LogP contribution in [0.4, 0.5) is 10.5 Å². The maximum Gasteiger partial charge on any atom is 0.410 e. The third-order valence-electron chi connectivity index (χ3n) is 10.4. The van der Waals surface area contributed by atoms with Crippen LogP contribution in [0, 0.1) is 11.8 Å². The first kappa shape index (κ1) is 30.7. The van der Waals surface area contributed by atoms with Crippen molar-refractivity contribution in [2.45, 2.75) is 89.8 Å². The van der Waals surface area contributed by atoms with Gasteiger partial charge < -0.3 is 19.4 Å². The van der Waals surface area contributed by atoms with Gasteiger partial charge in [-0.15, -0.1) is 0 Å². The van der Waals surface area contributed by atoms with E-state index in [4.69, 9.17) is 4.74 Å².